The Kier molecular flexibility index (Phi) is 10.8. The Morgan fingerprint density at radius 1 is 1.03 bits per heavy atom. The molecule has 0 aliphatic rings. The van der Waals surface area contributed by atoms with E-state index in [-0.39, 0.29) is 13.0 Å². The number of carboxylic acids is 1. The predicted octanol–water partition coefficient (Wildman–Crippen LogP) is -0.500. The first-order valence-corrected chi connectivity index (χ1v) is 10.5. The maximum atomic E-state index is 12.8. The number of aliphatic carboxylic acids is 1. The molecular weight excluding hydrogens is 396 g/mol. The van der Waals surface area contributed by atoms with E-state index in [0.717, 1.165) is 5.56 Å². The molecule has 0 radical (unpaired) electrons. The van der Waals surface area contributed by atoms with Crippen LogP contribution in [0.5, 0.6) is 0 Å². The summed E-state index contributed by atoms with van der Waals surface area (Å²) in [5.41, 5.74) is 6.11. The predicted molar refractivity (Wildman–Crippen MR) is 111 cm³/mol. The standard InChI is InChI=1S/C19H28N4O5S/c1-12(19(27)28)21-18(26)15(10-13-6-4-3-5-7-13)23-17(25)14(8-9-29-2)22-16(24)11-20/h3-7,12,14-15H,8-11,20H2,1-2H3,(H,21,26)(H,22,24)(H,23,25)(H,27,28)/t12-,14-,15-/m0/s1. The summed E-state index contributed by atoms with van der Waals surface area (Å²) < 4.78 is 0. The Bertz CT molecular complexity index is 701. The number of carboxylic acid groups (broad SMARTS) is 1. The van der Waals surface area contributed by atoms with E-state index in [1.807, 2.05) is 12.3 Å². The quantitative estimate of drug-likeness (QED) is 0.303. The second-order valence-corrected chi connectivity index (χ2v) is 7.41. The average molecular weight is 425 g/mol. The summed E-state index contributed by atoms with van der Waals surface area (Å²) in [4.78, 5) is 48.1. The lowest BCUT2D eigenvalue weighted by Gasteiger charge is -2.24. The molecule has 3 amide bonds. The summed E-state index contributed by atoms with van der Waals surface area (Å²) in [6.45, 7) is 1.08. The van der Waals surface area contributed by atoms with Gasteiger partial charge in [-0.15, -0.1) is 0 Å². The number of hydrogen-bond acceptors (Lipinski definition) is 6. The largest absolute Gasteiger partial charge is 0.480 e. The van der Waals surface area contributed by atoms with Crippen molar-refractivity contribution in [3.05, 3.63) is 35.9 Å². The molecule has 0 heterocycles. The minimum atomic E-state index is -1.18. The Balaban J connectivity index is 2.96. The maximum Gasteiger partial charge on any atom is 0.325 e. The maximum absolute atomic E-state index is 12.8. The number of benzene rings is 1. The minimum absolute atomic E-state index is 0.171. The smallest absolute Gasteiger partial charge is 0.325 e. The zero-order valence-electron chi connectivity index (χ0n) is 16.5. The Morgan fingerprint density at radius 2 is 1.66 bits per heavy atom. The van der Waals surface area contributed by atoms with Crippen LogP contribution in [-0.4, -0.2) is 65.5 Å². The SMILES string of the molecule is CSCC[C@H](NC(=O)CN)C(=O)N[C@@H](Cc1ccccc1)C(=O)N[C@@H](C)C(=O)O. The van der Waals surface area contributed by atoms with Gasteiger partial charge in [-0.3, -0.25) is 19.2 Å². The van der Waals surface area contributed by atoms with Gasteiger partial charge >= 0.3 is 5.97 Å². The summed E-state index contributed by atoms with van der Waals surface area (Å²) >= 11 is 1.51. The zero-order valence-corrected chi connectivity index (χ0v) is 17.3. The van der Waals surface area contributed by atoms with Crippen LogP contribution < -0.4 is 21.7 Å². The molecule has 3 atom stereocenters. The second kappa shape index (κ2) is 12.8. The first-order valence-electron chi connectivity index (χ1n) is 9.14. The van der Waals surface area contributed by atoms with Crippen molar-refractivity contribution >= 4 is 35.5 Å². The molecule has 0 saturated heterocycles. The Hall–Kier alpha value is -2.59. The Morgan fingerprint density at radius 3 is 2.21 bits per heavy atom. The molecule has 0 saturated carbocycles. The lowest BCUT2D eigenvalue weighted by molar-refractivity contribution is -0.141. The fraction of sp³-hybridized carbons (Fsp3) is 0.474. The molecule has 0 unspecified atom stereocenters. The molecule has 0 aliphatic heterocycles. The van der Waals surface area contributed by atoms with E-state index in [1.165, 1.54) is 18.7 Å². The van der Waals surface area contributed by atoms with Crippen molar-refractivity contribution in [1.29, 1.82) is 0 Å². The molecular formula is C19H28N4O5S. The van der Waals surface area contributed by atoms with E-state index in [0.29, 0.717) is 12.2 Å². The molecule has 0 aliphatic carbocycles. The van der Waals surface area contributed by atoms with E-state index in [4.69, 9.17) is 10.8 Å². The third-order valence-corrected chi connectivity index (χ3v) is 4.74. The van der Waals surface area contributed by atoms with E-state index >= 15 is 0 Å². The van der Waals surface area contributed by atoms with Gasteiger partial charge in [-0.25, -0.2) is 0 Å². The van der Waals surface area contributed by atoms with Crippen LogP contribution in [0.2, 0.25) is 0 Å². The van der Waals surface area contributed by atoms with Crippen LogP contribution in [-0.2, 0) is 25.6 Å². The van der Waals surface area contributed by atoms with Gasteiger partial charge in [0.2, 0.25) is 17.7 Å². The summed E-state index contributed by atoms with van der Waals surface area (Å²) in [5, 5.41) is 16.6. The first kappa shape index (κ1) is 24.4. The molecule has 1 aromatic rings. The lowest BCUT2D eigenvalue weighted by atomic mass is 10.0. The molecule has 29 heavy (non-hydrogen) atoms. The second-order valence-electron chi connectivity index (χ2n) is 6.43. The monoisotopic (exact) mass is 424 g/mol. The van der Waals surface area contributed by atoms with Crippen LogP contribution in [0.1, 0.15) is 18.9 Å². The highest BCUT2D eigenvalue weighted by Gasteiger charge is 2.28. The lowest BCUT2D eigenvalue weighted by Crippen LogP contribution is -2.56. The number of hydrogen-bond donors (Lipinski definition) is 5. The number of amides is 3. The third-order valence-electron chi connectivity index (χ3n) is 4.09. The number of thioether (sulfide) groups is 1. The molecule has 0 fully saturated rings. The van der Waals surface area contributed by atoms with E-state index in [2.05, 4.69) is 16.0 Å². The van der Waals surface area contributed by atoms with Crippen LogP contribution in [0.25, 0.3) is 0 Å². The van der Waals surface area contributed by atoms with Crippen LogP contribution in [0.3, 0.4) is 0 Å². The molecule has 6 N–H and O–H groups in total. The molecule has 160 valence electrons. The number of carbonyl (C=O) groups is 4. The summed E-state index contributed by atoms with van der Waals surface area (Å²) in [5.74, 6) is -2.19. The van der Waals surface area contributed by atoms with Crippen molar-refractivity contribution in [2.75, 3.05) is 18.6 Å². The van der Waals surface area contributed by atoms with Gasteiger partial charge in [0.15, 0.2) is 0 Å². The van der Waals surface area contributed by atoms with Gasteiger partial charge < -0.3 is 26.8 Å². The average Bonchev–Trinajstić information content (AvgIpc) is 2.70. The van der Waals surface area contributed by atoms with Crippen LogP contribution in [0.4, 0.5) is 0 Å². The summed E-state index contributed by atoms with van der Waals surface area (Å²) in [6, 6.07) is 6.07. The fourth-order valence-corrected chi connectivity index (χ4v) is 2.94. The van der Waals surface area contributed by atoms with Crippen molar-refractivity contribution in [3.8, 4) is 0 Å². The van der Waals surface area contributed by atoms with Crippen molar-refractivity contribution in [3.63, 3.8) is 0 Å². The van der Waals surface area contributed by atoms with Gasteiger partial charge in [-0.1, -0.05) is 30.3 Å². The fourth-order valence-electron chi connectivity index (χ4n) is 2.46. The highest BCUT2D eigenvalue weighted by Crippen LogP contribution is 2.06. The van der Waals surface area contributed by atoms with Crippen LogP contribution >= 0.6 is 11.8 Å². The van der Waals surface area contributed by atoms with Gasteiger partial charge in [0.05, 0.1) is 6.54 Å². The molecule has 1 rings (SSSR count). The van der Waals surface area contributed by atoms with Crippen molar-refractivity contribution in [2.45, 2.75) is 37.9 Å². The highest BCUT2D eigenvalue weighted by molar-refractivity contribution is 7.98. The molecule has 0 spiro atoms. The summed E-state index contributed by atoms with van der Waals surface area (Å²) in [7, 11) is 0. The molecule has 9 nitrogen and oxygen atoms in total. The first-order chi connectivity index (χ1) is 13.8. The van der Waals surface area contributed by atoms with E-state index < -0.39 is 41.8 Å². The van der Waals surface area contributed by atoms with Gasteiger partial charge in [0, 0.05) is 6.42 Å². The van der Waals surface area contributed by atoms with E-state index in [1.54, 1.807) is 24.3 Å². The van der Waals surface area contributed by atoms with Crippen molar-refractivity contribution in [1.82, 2.24) is 16.0 Å². The molecule has 10 heteroatoms. The van der Waals surface area contributed by atoms with Gasteiger partial charge in [0.25, 0.3) is 0 Å². The van der Waals surface area contributed by atoms with Crippen LogP contribution in [0, 0.1) is 0 Å². The number of rotatable bonds is 12. The third kappa shape index (κ3) is 8.97. The van der Waals surface area contributed by atoms with Gasteiger partial charge in [-0.05, 0) is 30.9 Å². The van der Waals surface area contributed by atoms with Crippen molar-refractivity contribution in [2.24, 2.45) is 5.73 Å². The number of nitrogens with one attached hydrogen (secondary N) is 3. The molecule has 0 aromatic heterocycles. The highest BCUT2D eigenvalue weighted by atomic mass is 32.2. The molecule has 0 bridgehead atoms. The number of nitrogens with two attached hydrogens (primary N) is 1. The minimum Gasteiger partial charge on any atom is -0.480 e. The Labute approximate surface area is 174 Å². The van der Waals surface area contributed by atoms with Gasteiger partial charge in [0.1, 0.15) is 18.1 Å². The van der Waals surface area contributed by atoms with E-state index in [9.17, 15) is 19.2 Å². The zero-order chi connectivity index (χ0) is 21.8. The topological polar surface area (TPSA) is 151 Å². The molecule has 1 aromatic carbocycles. The van der Waals surface area contributed by atoms with Crippen LogP contribution in [0.15, 0.2) is 30.3 Å². The number of carbonyl (C=O) groups excluding carboxylic acids is 3. The summed E-state index contributed by atoms with van der Waals surface area (Å²) in [6.07, 6.45) is 2.41. The van der Waals surface area contributed by atoms with Crippen molar-refractivity contribution < 1.29 is 24.3 Å². The normalized spacial score (nSPS) is 13.6. The van der Waals surface area contributed by atoms with Gasteiger partial charge in [-0.2, -0.15) is 11.8 Å².